The van der Waals surface area contributed by atoms with Crippen molar-refractivity contribution in [2.24, 2.45) is 0 Å². The maximum absolute atomic E-state index is 13.2. The Balaban J connectivity index is 1.96. The van der Waals surface area contributed by atoms with E-state index in [1.165, 1.54) is 54.5 Å². The molecule has 1 aliphatic rings. The number of phenolic OH excluding ortho intramolecular Hbond substituents is 1. The number of phenols is 1. The number of rotatable bonds is 4. The van der Waals surface area contributed by atoms with E-state index in [9.17, 15) is 19.8 Å². The van der Waals surface area contributed by atoms with Crippen molar-refractivity contribution in [1.82, 2.24) is 0 Å². The first-order valence-electron chi connectivity index (χ1n) is 9.61. The number of ether oxygens (including phenoxy) is 1. The Bertz CT molecular complexity index is 1320. The van der Waals surface area contributed by atoms with Gasteiger partial charge in [-0.1, -0.05) is 46.9 Å². The number of hydrogen-bond donors (Lipinski definition) is 2. The lowest BCUT2D eigenvalue weighted by atomic mass is 9.95. The first-order valence-corrected chi connectivity index (χ1v) is 10.7. The second kappa shape index (κ2) is 8.98. The van der Waals surface area contributed by atoms with E-state index in [4.69, 9.17) is 39.5 Å². The SMILES string of the molecule is COc1ccc(/C(O)=C2/C(=O)C(=O)N(c3cccc(Cl)c3)C2c2ccc(O)c(Cl)c2)cc1Cl. The van der Waals surface area contributed by atoms with Crippen LogP contribution in [0.5, 0.6) is 11.5 Å². The Morgan fingerprint density at radius 1 is 0.970 bits per heavy atom. The van der Waals surface area contributed by atoms with Gasteiger partial charge in [-0.05, 0) is 54.1 Å². The van der Waals surface area contributed by atoms with E-state index in [-0.39, 0.29) is 26.9 Å². The summed E-state index contributed by atoms with van der Waals surface area (Å²) < 4.78 is 5.13. The second-order valence-electron chi connectivity index (χ2n) is 7.21. The molecule has 9 heteroatoms. The van der Waals surface area contributed by atoms with Crippen molar-refractivity contribution in [2.75, 3.05) is 12.0 Å². The van der Waals surface area contributed by atoms with Crippen LogP contribution in [0.15, 0.2) is 66.2 Å². The number of aliphatic hydroxyl groups is 1. The molecule has 1 amide bonds. The molecule has 168 valence electrons. The summed E-state index contributed by atoms with van der Waals surface area (Å²) in [6, 6.07) is 14.2. The van der Waals surface area contributed by atoms with Crippen LogP contribution >= 0.6 is 34.8 Å². The van der Waals surface area contributed by atoms with Gasteiger partial charge in [0.1, 0.15) is 17.3 Å². The number of carbonyl (C=O) groups is 2. The number of hydrogen-bond acceptors (Lipinski definition) is 5. The van der Waals surface area contributed by atoms with Crippen LogP contribution in [0.3, 0.4) is 0 Å². The van der Waals surface area contributed by atoms with Crippen LogP contribution in [0.1, 0.15) is 17.2 Å². The zero-order chi connectivity index (χ0) is 23.9. The average molecular weight is 505 g/mol. The molecule has 2 N–H and O–H groups in total. The Kier molecular flexibility index (Phi) is 6.26. The molecule has 0 spiro atoms. The minimum atomic E-state index is -1.04. The largest absolute Gasteiger partial charge is 0.507 e. The van der Waals surface area contributed by atoms with E-state index in [1.807, 2.05) is 0 Å². The molecule has 4 rings (SSSR count). The smallest absolute Gasteiger partial charge is 0.300 e. The molecule has 1 aliphatic heterocycles. The molecule has 3 aromatic carbocycles. The van der Waals surface area contributed by atoms with Crippen molar-refractivity contribution in [3.8, 4) is 11.5 Å². The van der Waals surface area contributed by atoms with Crippen molar-refractivity contribution in [2.45, 2.75) is 6.04 Å². The van der Waals surface area contributed by atoms with Gasteiger partial charge in [0.15, 0.2) is 0 Å². The average Bonchev–Trinajstić information content (AvgIpc) is 3.05. The number of aromatic hydroxyl groups is 1. The van der Waals surface area contributed by atoms with Crippen LogP contribution in [-0.2, 0) is 9.59 Å². The summed E-state index contributed by atoms with van der Waals surface area (Å²) in [7, 11) is 1.45. The maximum atomic E-state index is 13.2. The minimum absolute atomic E-state index is 0.0247. The molecule has 1 saturated heterocycles. The highest BCUT2D eigenvalue weighted by Gasteiger charge is 2.47. The van der Waals surface area contributed by atoms with E-state index in [0.717, 1.165) is 0 Å². The molecule has 1 unspecified atom stereocenters. The van der Waals surface area contributed by atoms with Crippen molar-refractivity contribution >= 4 is 57.9 Å². The molecule has 0 radical (unpaired) electrons. The van der Waals surface area contributed by atoms with Crippen molar-refractivity contribution in [3.63, 3.8) is 0 Å². The molecule has 33 heavy (non-hydrogen) atoms. The Morgan fingerprint density at radius 3 is 2.36 bits per heavy atom. The highest BCUT2D eigenvalue weighted by molar-refractivity contribution is 6.52. The molecule has 0 aliphatic carbocycles. The fourth-order valence-corrected chi connectivity index (χ4v) is 4.33. The minimum Gasteiger partial charge on any atom is -0.507 e. The first-order chi connectivity index (χ1) is 15.7. The van der Waals surface area contributed by atoms with E-state index < -0.39 is 23.5 Å². The topological polar surface area (TPSA) is 87.1 Å². The first kappa shape index (κ1) is 23.0. The number of benzene rings is 3. The normalized spacial score (nSPS) is 17.5. The van der Waals surface area contributed by atoms with Gasteiger partial charge in [0.2, 0.25) is 0 Å². The predicted octanol–water partition coefficient (Wildman–Crippen LogP) is 5.99. The summed E-state index contributed by atoms with van der Waals surface area (Å²) in [6.07, 6.45) is 0. The number of anilines is 1. The number of aliphatic hydroxyl groups excluding tert-OH is 1. The lowest BCUT2D eigenvalue weighted by molar-refractivity contribution is -0.132. The van der Waals surface area contributed by atoms with Crippen LogP contribution in [0.25, 0.3) is 5.76 Å². The monoisotopic (exact) mass is 503 g/mol. The number of ketones is 1. The highest BCUT2D eigenvalue weighted by atomic mass is 35.5. The van der Waals surface area contributed by atoms with Gasteiger partial charge in [-0.15, -0.1) is 0 Å². The Hall–Kier alpha value is -3.19. The predicted molar refractivity (Wildman–Crippen MR) is 127 cm³/mol. The van der Waals surface area contributed by atoms with Crippen molar-refractivity contribution in [1.29, 1.82) is 0 Å². The Morgan fingerprint density at radius 2 is 1.73 bits per heavy atom. The fraction of sp³-hybridized carbons (Fsp3) is 0.0833. The summed E-state index contributed by atoms with van der Waals surface area (Å²) in [4.78, 5) is 27.5. The molecule has 3 aromatic rings. The summed E-state index contributed by atoms with van der Waals surface area (Å²) in [5.74, 6) is -1.95. The molecule has 6 nitrogen and oxygen atoms in total. The zero-order valence-corrected chi connectivity index (χ0v) is 19.3. The number of Topliss-reactive ketones (excluding diaryl/α,β-unsaturated/α-hetero) is 1. The standard InChI is InChI=1S/C24H16Cl3NO5/c1-33-19-8-6-13(10-17(19)27)22(30)20-21(12-5-7-18(29)16(26)9-12)28(24(32)23(20)31)15-4-2-3-14(25)11-15/h2-11,21,29-30H,1H3/b22-20-. The molecule has 0 saturated carbocycles. The Labute approximate surface area is 204 Å². The van der Waals surface area contributed by atoms with E-state index in [2.05, 4.69) is 0 Å². The van der Waals surface area contributed by atoms with E-state index in [0.29, 0.717) is 22.0 Å². The number of carbonyl (C=O) groups excluding carboxylic acids is 2. The fourth-order valence-electron chi connectivity index (χ4n) is 3.70. The van der Waals surface area contributed by atoms with Gasteiger partial charge in [-0.2, -0.15) is 0 Å². The van der Waals surface area contributed by atoms with Gasteiger partial charge in [0.25, 0.3) is 11.7 Å². The molecule has 1 heterocycles. The molecule has 0 aromatic heterocycles. The van der Waals surface area contributed by atoms with Crippen LogP contribution in [0.4, 0.5) is 5.69 Å². The van der Waals surface area contributed by atoms with Crippen LogP contribution in [0.2, 0.25) is 15.1 Å². The highest BCUT2D eigenvalue weighted by Crippen LogP contribution is 2.44. The maximum Gasteiger partial charge on any atom is 0.300 e. The van der Waals surface area contributed by atoms with Crippen LogP contribution in [-0.4, -0.2) is 29.0 Å². The molecule has 0 bridgehead atoms. The molecule has 1 fully saturated rings. The van der Waals surface area contributed by atoms with Gasteiger partial charge in [0.05, 0.1) is 28.8 Å². The van der Waals surface area contributed by atoms with Crippen molar-refractivity contribution < 1.29 is 24.5 Å². The molecule has 1 atom stereocenters. The van der Waals surface area contributed by atoms with Gasteiger partial charge < -0.3 is 14.9 Å². The summed E-state index contributed by atoms with van der Waals surface area (Å²) in [5, 5.41) is 21.6. The summed E-state index contributed by atoms with van der Waals surface area (Å²) in [5.41, 5.74) is 0.812. The van der Waals surface area contributed by atoms with Crippen LogP contribution in [0, 0.1) is 0 Å². The van der Waals surface area contributed by atoms with Gasteiger partial charge in [0, 0.05) is 16.3 Å². The third-order valence-electron chi connectivity index (χ3n) is 5.24. The van der Waals surface area contributed by atoms with Gasteiger partial charge in [-0.25, -0.2) is 0 Å². The lowest BCUT2D eigenvalue weighted by Gasteiger charge is -2.26. The third-order valence-corrected chi connectivity index (χ3v) is 6.08. The van der Waals surface area contributed by atoms with E-state index in [1.54, 1.807) is 18.2 Å². The molecular weight excluding hydrogens is 489 g/mol. The van der Waals surface area contributed by atoms with Crippen molar-refractivity contribution in [3.05, 3.63) is 92.4 Å². The van der Waals surface area contributed by atoms with Crippen LogP contribution < -0.4 is 9.64 Å². The number of methoxy groups -OCH3 is 1. The lowest BCUT2D eigenvalue weighted by Crippen LogP contribution is -2.29. The van der Waals surface area contributed by atoms with Gasteiger partial charge >= 0.3 is 0 Å². The van der Waals surface area contributed by atoms with E-state index >= 15 is 0 Å². The number of amides is 1. The summed E-state index contributed by atoms with van der Waals surface area (Å²) in [6.45, 7) is 0. The zero-order valence-electron chi connectivity index (χ0n) is 17.1. The summed E-state index contributed by atoms with van der Waals surface area (Å²) >= 11 is 18.4. The quantitative estimate of drug-likeness (QED) is 0.259. The second-order valence-corrected chi connectivity index (χ2v) is 8.46. The third kappa shape index (κ3) is 4.13. The molecular formula is C24H16Cl3NO5. The number of halogens is 3. The number of nitrogens with zero attached hydrogens (tertiary/aromatic N) is 1. The van der Waals surface area contributed by atoms with Gasteiger partial charge in [-0.3, -0.25) is 14.5 Å².